The molecule has 130 valence electrons. The third kappa shape index (κ3) is 3.39. The largest absolute Gasteiger partial charge is 0.348 e. The number of nitrogens with zero attached hydrogens (tertiary/aromatic N) is 1. The number of nitrogens with one attached hydrogen (secondary N) is 2. The van der Waals surface area contributed by atoms with E-state index in [2.05, 4.69) is 10.6 Å². The van der Waals surface area contributed by atoms with E-state index < -0.39 is 17.5 Å². The number of hydrogen-bond acceptors (Lipinski definition) is 3. The minimum atomic E-state index is -0.917. The third-order valence-electron chi connectivity index (χ3n) is 4.50. The van der Waals surface area contributed by atoms with Crippen molar-refractivity contribution in [3.05, 3.63) is 35.6 Å². The second-order valence-electron chi connectivity index (χ2n) is 5.95. The maximum absolute atomic E-state index is 12.9. The number of carbonyl (C=O) groups is 3. The summed E-state index contributed by atoms with van der Waals surface area (Å²) in [6.07, 6.45) is 0.941. The lowest BCUT2D eigenvalue weighted by Gasteiger charge is -2.23. The number of imide groups is 1. The molecule has 0 aliphatic carbocycles. The summed E-state index contributed by atoms with van der Waals surface area (Å²) < 4.78 is 12.9. The molecule has 7 heteroatoms. The van der Waals surface area contributed by atoms with Crippen molar-refractivity contribution < 1.29 is 18.8 Å². The molecule has 2 N–H and O–H groups in total. The van der Waals surface area contributed by atoms with E-state index in [0.717, 1.165) is 10.5 Å². The van der Waals surface area contributed by atoms with Gasteiger partial charge >= 0.3 is 6.03 Å². The molecule has 4 amide bonds. The highest BCUT2D eigenvalue weighted by molar-refractivity contribution is 6.09. The van der Waals surface area contributed by atoms with Gasteiger partial charge in [0.1, 0.15) is 17.9 Å². The van der Waals surface area contributed by atoms with Crippen LogP contribution in [0.15, 0.2) is 24.3 Å². The van der Waals surface area contributed by atoms with Gasteiger partial charge in [0, 0.05) is 0 Å². The first-order valence-corrected chi connectivity index (χ1v) is 8.02. The van der Waals surface area contributed by atoms with Crippen molar-refractivity contribution in [3.63, 3.8) is 0 Å². The average Bonchev–Trinajstić information content (AvgIpc) is 2.80. The van der Waals surface area contributed by atoms with Crippen LogP contribution in [0.1, 0.15) is 45.2 Å². The van der Waals surface area contributed by atoms with E-state index in [-0.39, 0.29) is 24.3 Å². The highest BCUT2D eigenvalue weighted by Gasteiger charge is 2.49. The number of rotatable bonds is 6. The Hall–Kier alpha value is -2.44. The number of amides is 4. The summed E-state index contributed by atoms with van der Waals surface area (Å²) in [5, 5.41) is 5.39. The quantitative estimate of drug-likeness (QED) is 0.782. The zero-order valence-electron chi connectivity index (χ0n) is 14.1. The van der Waals surface area contributed by atoms with Gasteiger partial charge in [0.15, 0.2) is 0 Å². The molecule has 24 heavy (non-hydrogen) atoms. The van der Waals surface area contributed by atoms with Crippen LogP contribution >= 0.6 is 0 Å². The van der Waals surface area contributed by atoms with Crippen LogP contribution in [-0.4, -0.2) is 34.8 Å². The molecule has 1 aliphatic rings. The first-order chi connectivity index (χ1) is 11.3. The molecule has 1 aromatic rings. The van der Waals surface area contributed by atoms with Crippen LogP contribution in [0.2, 0.25) is 0 Å². The van der Waals surface area contributed by atoms with E-state index in [1.165, 1.54) is 12.1 Å². The van der Waals surface area contributed by atoms with Gasteiger partial charge in [-0.1, -0.05) is 26.0 Å². The molecule has 1 aromatic carbocycles. The van der Waals surface area contributed by atoms with E-state index >= 15 is 0 Å². The summed E-state index contributed by atoms with van der Waals surface area (Å²) in [5.74, 6) is -1.17. The van der Waals surface area contributed by atoms with Crippen molar-refractivity contribution in [2.24, 2.45) is 0 Å². The zero-order chi connectivity index (χ0) is 17.9. The number of halogens is 1. The van der Waals surface area contributed by atoms with Crippen LogP contribution in [0.5, 0.6) is 0 Å². The lowest BCUT2D eigenvalue weighted by molar-refractivity contribution is -0.135. The molecule has 2 rings (SSSR count). The van der Waals surface area contributed by atoms with Gasteiger partial charge in [-0.25, -0.2) is 9.18 Å². The van der Waals surface area contributed by atoms with Crippen LogP contribution in [0.25, 0.3) is 0 Å². The molecule has 1 aliphatic heterocycles. The fourth-order valence-electron chi connectivity index (χ4n) is 2.81. The van der Waals surface area contributed by atoms with E-state index in [9.17, 15) is 18.8 Å². The SMILES string of the molecule is CCC1(CC)NC(=O)N(CC(=O)N[C@@H](C)c2ccc(F)cc2)C1=O. The summed E-state index contributed by atoms with van der Waals surface area (Å²) in [4.78, 5) is 37.6. The van der Waals surface area contributed by atoms with Crippen LogP contribution in [0.3, 0.4) is 0 Å². The molecule has 0 aromatic heterocycles. The first-order valence-electron chi connectivity index (χ1n) is 8.02. The number of hydrogen-bond donors (Lipinski definition) is 2. The van der Waals surface area contributed by atoms with Gasteiger partial charge in [-0.15, -0.1) is 0 Å². The van der Waals surface area contributed by atoms with Crippen molar-refractivity contribution in [2.75, 3.05) is 6.54 Å². The van der Waals surface area contributed by atoms with Gasteiger partial charge in [-0.3, -0.25) is 14.5 Å². The molecule has 1 saturated heterocycles. The molecule has 6 nitrogen and oxygen atoms in total. The topological polar surface area (TPSA) is 78.5 Å². The molecule has 1 heterocycles. The Morgan fingerprint density at radius 1 is 1.25 bits per heavy atom. The van der Waals surface area contributed by atoms with Crippen LogP contribution < -0.4 is 10.6 Å². The fraction of sp³-hybridized carbons (Fsp3) is 0.471. The zero-order valence-corrected chi connectivity index (χ0v) is 14.1. The summed E-state index contributed by atoms with van der Waals surface area (Å²) in [6, 6.07) is 4.87. The van der Waals surface area contributed by atoms with Gasteiger partial charge in [-0.05, 0) is 37.5 Å². The van der Waals surface area contributed by atoms with Crippen molar-refractivity contribution in [3.8, 4) is 0 Å². The maximum Gasteiger partial charge on any atom is 0.325 e. The smallest absolute Gasteiger partial charge is 0.325 e. The highest BCUT2D eigenvalue weighted by Crippen LogP contribution is 2.24. The van der Waals surface area contributed by atoms with Crippen LogP contribution in [0.4, 0.5) is 9.18 Å². The monoisotopic (exact) mass is 335 g/mol. The van der Waals surface area contributed by atoms with E-state index in [1.807, 2.05) is 13.8 Å². The summed E-state index contributed by atoms with van der Waals surface area (Å²) in [6.45, 7) is 5.06. The lowest BCUT2D eigenvalue weighted by Crippen LogP contribution is -2.46. The average molecular weight is 335 g/mol. The maximum atomic E-state index is 12.9. The molecule has 0 spiro atoms. The third-order valence-corrected chi connectivity index (χ3v) is 4.50. The Labute approximate surface area is 140 Å². The number of urea groups is 1. The van der Waals surface area contributed by atoms with Gasteiger partial charge in [0.05, 0.1) is 6.04 Å². The summed E-state index contributed by atoms with van der Waals surface area (Å²) in [5.41, 5.74) is -0.182. The van der Waals surface area contributed by atoms with Gasteiger partial charge < -0.3 is 10.6 Å². The van der Waals surface area contributed by atoms with Crippen LogP contribution in [0, 0.1) is 5.82 Å². The molecule has 1 fully saturated rings. The van der Waals surface area contributed by atoms with Crippen molar-refractivity contribution in [2.45, 2.75) is 45.2 Å². The van der Waals surface area contributed by atoms with E-state index in [1.54, 1.807) is 19.1 Å². The second kappa shape index (κ2) is 6.98. The van der Waals surface area contributed by atoms with Crippen molar-refractivity contribution in [1.29, 1.82) is 0 Å². The van der Waals surface area contributed by atoms with Crippen LogP contribution in [-0.2, 0) is 9.59 Å². The fourth-order valence-corrected chi connectivity index (χ4v) is 2.81. The normalized spacial score (nSPS) is 17.6. The molecule has 0 unspecified atom stereocenters. The molecular weight excluding hydrogens is 313 g/mol. The molecule has 0 bridgehead atoms. The van der Waals surface area contributed by atoms with Gasteiger partial charge in [0.2, 0.25) is 5.91 Å². The molecule has 1 atom stereocenters. The Morgan fingerprint density at radius 3 is 2.33 bits per heavy atom. The minimum Gasteiger partial charge on any atom is -0.348 e. The first kappa shape index (κ1) is 17.9. The molecule has 0 saturated carbocycles. The molecular formula is C17H22FN3O3. The van der Waals surface area contributed by atoms with Crippen molar-refractivity contribution >= 4 is 17.8 Å². The standard InChI is InChI=1S/C17H22FN3O3/c1-4-17(5-2)15(23)21(16(24)20-17)10-14(22)19-11(3)12-6-8-13(18)9-7-12/h6-9,11H,4-5,10H2,1-3H3,(H,19,22)(H,20,24)/t11-/m0/s1. The lowest BCUT2D eigenvalue weighted by atomic mass is 9.93. The Kier molecular flexibility index (Phi) is 5.21. The Bertz CT molecular complexity index is 641. The number of carbonyl (C=O) groups excluding carboxylic acids is 3. The molecule has 0 radical (unpaired) electrons. The van der Waals surface area contributed by atoms with Gasteiger partial charge in [0.25, 0.3) is 5.91 Å². The predicted molar refractivity (Wildman–Crippen MR) is 86.5 cm³/mol. The summed E-state index contributed by atoms with van der Waals surface area (Å²) in [7, 11) is 0. The van der Waals surface area contributed by atoms with E-state index in [4.69, 9.17) is 0 Å². The van der Waals surface area contributed by atoms with Crippen molar-refractivity contribution in [1.82, 2.24) is 15.5 Å². The minimum absolute atomic E-state index is 0.335. The van der Waals surface area contributed by atoms with Gasteiger partial charge in [-0.2, -0.15) is 0 Å². The summed E-state index contributed by atoms with van der Waals surface area (Å²) >= 11 is 0. The Morgan fingerprint density at radius 2 is 1.83 bits per heavy atom. The number of benzene rings is 1. The highest BCUT2D eigenvalue weighted by atomic mass is 19.1. The van der Waals surface area contributed by atoms with E-state index in [0.29, 0.717) is 12.8 Å². The predicted octanol–water partition coefficient (Wildman–Crippen LogP) is 2.11. The second-order valence-corrected chi connectivity index (χ2v) is 5.95. The Balaban J connectivity index is 2.00.